The quantitative estimate of drug-likeness (QED) is 0.705. The van der Waals surface area contributed by atoms with Crippen LogP contribution in [0.5, 0.6) is 0 Å². The average molecular weight is 405 g/mol. The maximum Gasteiger partial charge on any atom is 0.256 e. The van der Waals surface area contributed by atoms with Crippen LogP contribution in [0.3, 0.4) is 0 Å². The normalized spacial score (nSPS) is 22.3. The Morgan fingerprint density at radius 3 is 2.60 bits per heavy atom. The number of rotatable bonds is 2. The molecule has 2 aromatic carbocycles. The number of hydrogen-bond donors (Lipinski definition) is 1. The number of carbonyl (C=O) groups is 2. The lowest BCUT2D eigenvalue weighted by Gasteiger charge is -2.34. The number of halogens is 2. The number of fused-ring (bicyclic) bond motifs is 2. The van der Waals surface area contributed by atoms with Gasteiger partial charge in [-0.05, 0) is 41.8 Å². The van der Waals surface area contributed by atoms with Gasteiger partial charge in [0.15, 0.2) is 0 Å². The molecule has 3 heterocycles. The van der Waals surface area contributed by atoms with Gasteiger partial charge in [0.1, 0.15) is 17.0 Å². The van der Waals surface area contributed by atoms with Gasteiger partial charge in [-0.1, -0.05) is 30.3 Å². The number of carbonyl (C=O) groups excluding carboxylic acids is 2. The van der Waals surface area contributed by atoms with E-state index in [-0.39, 0.29) is 11.5 Å². The smallest absolute Gasteiger partial charge is 0.256 e. The number of pyridine rings is 1. The lowest BCUT2D eigenvalue weighted by Crippen LogP contribution is -2.42. The minimum atomic E-state index is -1.01. The monoisotopic (exact) mass is 405 g/mol. The van der Waals surface area contributed by atoms with Crippen LogP contribution in [0.15, 0.2) is 67.0 Å². The number of hydrogen-bond acceptors (Lipinski definition) is 3. The number of nitrogens with one attached hydrogen (secondary N) is 1. The fourth-order valence-corrected chi connectivity index (χ4v) is 4.71. The lowest BCUT2D eigenvalue weighted by molar-refractivity contribution is -0.121. The number of amides is 2. The van der Waals surface area contributed by atoms with Crippen LogP contribution < -0.4 is 5.32 Å². The van der Waals surface area contributed by atoms with Crippen molar-refractivity contribution >= 4 is 17.5 Å². The van der Waals surface area contributed by atoms with Gasteiger partial charge in [0.2, 0.25) is 5.91 Å². The van der Waals surface area contributed by atoms with Crippen molar-refractivity contribution in [3.8, 4) is 0 Å². The molecule has 0 saturated carbocycles. The van der Waals surface area contributed by atoms with Gasteiger partial charge in [0, 0.05) is 18.4 Å². The Morgan fingerprint density at radius 1 is 1.07 bits per heavy atom. The van der Waals surface area contributed by atoms with E-state index in [0.717, 1.165) is 17.8 Å². The largest absolute Gasteiger partial charge is 0.330 e. The maximum absolute atomic E-state index is 13.7. The van der Waals surface area contributed by atoms with Crippen molar-refractivity contribution in [1.29, 1.82) is 0 Å². The van der Waals surface area contributed by atoms with Crippen LogP contribution >= 0.6 is 0 Å². The molecular weight excluding hydrogens is 388 g/mol. The molecule has 1 spiro atoms. The molecule has 5 rings (SSSR count). The predicted octanol–water partition coefficient (Wildman–Crippen LogP) is 3.84. The zero-order valence-corrected chi connectivity index (χ0v) is 15.8. The SMILES string of the molecule is O=C(c1cncc(F)c1)N1CC[C@]2(C(=O)Nc3ccccc32)[C@@H]1c1ccc(F)cc1. The van der Waals surface area contributed by atoms with Gasteiger partial charge in [-0.2, -0.15) is 0 Å². The topological polar surface area (TPSA) is 62.3 Å². The average Bonchev–Trinajstić information content (AvgIpc) is 3.28. The minimum absolute atomic E-state index is 0.103. The first-order chi connectivity index (χ1) is 14.5. The molecule has 3 aromatic rings. The molecule has 0 unspecified atom stereocenters. The Labute approximate surface area is 171 Å². The molecule has 2 aliphatic rings. The zero-order chi connectivity index (χ0) is 20.9. The van der Waals surface area contributed by atoms with E-state index in [1.54, 1.807) is 17.0 Å². The maximum atomic E-state index is 13.7. The second-order valence-corrected chi connectivity index (χ2v) is 7.57. The van der Waals surface area contributed by atoms with Crippen LogP contribution in [0.25, 0.3) is 0 Å². The Kier molecular flexibility index (Phi) is 4.13. The van der Waals surface area contributed by atoms with E-state index in [1.807, 2.05) is 24.3 Å². The molecule has 30 heavy (non-hydrogen) atoms. The first kappa shape index (κ1) is 18.4. The van der Waals surface area contributed by atoms with Crippen molar-refractivity contribution < 1.29 is 18.4 Å². The predicted molar refractivity (Wildman–Crippen MR) is 106 cm³/mol. The molecule has 7 heteroatoms. The number of nitrogens with zero attached hydrogens (tertiary/aromatic N) is 2. The number of benzene rings is 2. The molecule has 0 radical (unpaired) electrons. The van der Waals surface area contributed by atoms with Crippen molar-refractivity contribution in [1.82, 2.24) is 9.88 Å². The summed E-state index contributed by atoms with van der Waals surface area (Å²) < 4.78 is 27.3. The highest BCUT2D eigenvalue weighted by Crippen LogP contribution is 2.54. The van der Waals surface area contributed by atoms with Crippen molar-refractivity contribution in [2.75, 3.05) is 11.9 Å². The summed E-state index contributed by atoms with van der Waals surface area (Å²) in [6, 6.07) is 13.6. The van der Waals surface area contributed by atoms with E-state index in [1.165, 1.54) is 18.3 Å². The van der Waals surface area contributed by atoms with E-state index in [0.29, 0.717) is 24.2 Å². The van der Waals surface area contributed by atoms with Gasteiger partial charge in [0.25, 0.3) is 5.91 Å². The van der Waals surface area contributed by atoms with Crippen LogP contribution in [0.2, 0.25) is 0 Å². The fraction of sp³-hybridized carbons (Fsp3) is 0.174. The van der Waals surface area contributed by atoms with E-state index in [2.05, 4.69) is 10.3 Å². The highest BCUT2D eigenvalue weighted by atomic mass is 19.1. The summed E-state index contributed by atoms with van der Waals surface area (Å²) in [5, 5.41) is 2.93. The van der Waals surface area contributed by atoms with E-state index in [4.69, 9.17) is 0 Å². The molecule has 0 aliphatic carbocycles. The molecule has 150 valence electrons. The van der Waals surface area contributed by atoms with Crippen molar-refractivity contribution in [3.05, 3.63) is 95.3 Å². The standard InChI is InChI=1S/C23H17F2N3O2/c24-16-7-5-14(6-8-16)20-23(18-3-1-2-4-19(18)27-22(23)30)9-10-28(20)21(29)15-11-17(25)13-26-12-15/h1-8,11-13,20H,9-10H2,(H,27,30)/t20-,23+/m0/s1. The van der Waals surface area contributed by atoms with Gasteiger partial charge in [-0.3, -0.25) is 14.6 Å². The number of para-hydroxylation sites is 1. The van der Waals surface area contributed by atoms with E-state index in [9.17, 15) is 18.4 Å². The zero-order valence-electron chi connectivity index (χ0n) is 15.8. The molecule has 2 aliphatic heterocycles. The second-order valence-electron chi connectivity index (χ2n) is 7.57. The third-order valence-electron chi connectivity index (χ3n) is 5.99. The highest BCUT2D eigenvalue weighted by Gasteiger charge is 2.59. The Hall–Kier alpha value is -3.61. The summed E-state index contributed by atoms with van der Waals surface area (Å²) in [4.78, 5) is 31.9. The summed E-state index contributed by atoms with van der Waals surface area (Å²) >= 11 is 0. The number of aromatic nitrogens is 1. The lowest BCUT2D eigenvalue weighted by atomic mass is 9.72. The molecule has 2 atom stereocenters. The van der Waals surface area contributed by atoms with Gasteiger partial charge in [0.05, 0.1) is 17.8 Å². The van der Waals surface area contributed by atoms with E-state index >= 15 is 0 Å². The Balaban J connectivity index is 1.67. The van der Waals surface area contributed by atoms with Crippen molar-refractivity contribution in [2.45, 2.75) is 17.9 Å². The molecule has 1 aromatic heterocycles. The molecule has 1 saturated heterocycles. The third-order valence-corrected chi connectivity index (χ3v) is 5.99. The van der Waals surface area contributed by atoms with Crippen LogP contribution in [-0.4, -0.2) is 28.2 Å². The van der Waals surface area contributed by atoms with Crippen LogP contribution in [-0.2, 0) is 10.2 Å². The fourth-order valence-electron chi connectivity index (χ4n) is 4.71. The van der Waals surface area contributed by atoms with Crippen molar-refractivity contribution in [3.63, 3.8) is 0 Å². The second kappa shape index (κ2) is 6.73. The van der Waals surface area contributed by atoms with Gasteiger partial charge in [-0.15, -0.1) is 0 Å². The first-order valence-corrected chi connectivity index (χ1v) is 9.58. The summed E-state index contributed by atoms with van der Waals surface area (Å²) in [5.74, 6) is -1.65. The molecule has 2 amide bonds. The molecule has 1 fully saturated rings. The summed E-state index contributed by atoms with van der Waals surface area (Å²) in [5.41, 5.74) is 1.24. The molecule has 1 N–H and O–H groups in total. The highest BCUT2D eigenvalue weighted by molar-refractivity contribution is 6.08. The Bertz CT molecular complexity index is 1170. The minimum Gasteiger partial charge on any atom is -0.330 e. The van der Waals surface area contributed by atoms with Crippen LogP contribution in [0.4, 0.5) is 14.5 Å². The molecular formula is C23H17F2N3O2. The summed E-state index contributed by atoms with van der Waals surface area (Å²) in [6.45, 7) is 0.291. The summed E-state index contributed by atoms with van der Waals surface area (Å²) in [7, 11) is 0. The van der Waals surface area contributed by atoms with Gasteiger partial charge in [-0.25, -0.2) is 8.78 Å². The van der Waals surface area contributed by atoms with E-state index < -0.39 is 29.0 Å². The van der Waals surface area contributed by atoms with Crippen LogP contribution in [0, 0.1) is 11.6 Å². The first-order valence-electron chi connectivity index (χ1n) is 9.58. The number of likely N-dealkylation sites (tertiary alicyclic amines) is 1. The molecule has 5 nitrogen and oxygen atoms in total. The summed E-state index contributed by atoms with van der Waals surface area (Å²) in [6.07, 6.45) is 2.73. The van der Waals surface area contributed by atoms with Crippen LogP contribution in [0.1, 0.15) is 33.9 Å². The molecule has 0 bridgehead atoms. The van der Waals surface area contributed by atoms with Crippen molar-refractivity contribution in [2.24, 2.45) is 0 Å². The Morgan fingerprint density at radius 2 is 1.83 bits per heavy atom. The number of anilines is 1. The third kappa shape index (κ3) is 2.62. The van der Waals surface area contributed by atoms with Gasteiger partial charge >= 0.3 is 0 Å². The van der Waals surface area contributed by atoms with Gasteiger partial charge < -0.3 is 10.2 Å².